The molecule has 0 aliphatic carbocycles. The van der Waals surface area contributed by atoms with Crippen LogP contribution in [-0.4, -0.2) is 9.13 Å². The van der Waals surface area contributed by atoms with E-state index in [1.165, 1.54) is 99.4 Å². The SMILES string of the molecule is C=C1c2ccc(-n3c4ccccc4c4cc5c6cc(-c7cc(-c8ccccc8)cc(-c8ccccc8)c7)ccc6n(-c6ccccc6)c5cc43)cc2-c2cccc[n+]2C1(CC)CC. The molecule has 0 saturated heterocycles. The summed E-state index contributed by atoms with van der Waals surface area (Å²) in [6, 6.07) is 73.7. The van der Waals surface area contributed by atoms with Crippen molar-refractivity contribution in [2.75, 3.05) is 0 Å². The Bertz CT molecular complexity index is 3530. The number of hydrogen-bond acceptors (Lipinski definition) is 0. The Labute approximate surface area is 368 Å². The average molecular weight is 809 g/mol. The number of para-hydroxylation sites is 2. The van der Waals surface area contributed by atoms with Gasteiger partial charge in [0.25, 0.3) is 0 Å². The summed E-state index contributed by atoms with van der Waals surface area (Å²) < 4.78 is 7.40. The van der Waals surface area contributed by atoms with Gasteiger partial charge in [0.1, 0.15) is 0 Å². The number of benzene rings is 8. The number of nitrogens with zero attached hydrogens (tertiary/aromatic N) is 3. The maximum Gasteiger partial charge on any atom is 0.213 e. The molecule has 300 valence electrons. The van der Waals surface area contributed by atoms with Crippen LogP contribution < -0.4 is 4.57 Å². The number of rotatable bonds is 7. The Morgan fingerprint density at radius 1 is 0.397 bits per heavy atom. The summed E-state index contributed by atoms with van der Waals surface area (Å²) in [4.78, 5) is 0. The molecule has 0 amide bonds. The van der Waals surface area contributed by atoms with Gasteiger partial charge in [-0.15, -0.1) is 0 Å². The van der Waals surface area contributed by atoms with Crippen molar-refractivity contribution in [3.8, 4) is 56.0 Å². The Kier molecular flexibility index (Phi) is 8.49. The fourth-order valence-electron chi connectivity index (χ4n) is 10.8. The lowest BCUT2D eigenvalue weighted by molar-refractivity contribution is -0.741. The van der Waals surface area contributed by atoms with Crippen LogP contribution in [0.1, 0.15) is 32.3 Å². The predicted molar refractivity (Wildman–Crippen MR) is 265 cm³/mol. The molecule has 0 saturated carbocycles. The van der Waals surface area contributed by atoms with Gasteiger partial charge >= 0.3 is 0 Å². The van der Waals surface area contributed by atoms with Crippen LogP contribution in [0.15, 0.2) is 213 Å². The topological polar surface area (TPSA) is 13.7 Å². The van der Waals surface area contributed by atoms with Gasteiger partial charge in [-0.05, 0) is 118 Å². The van der Waals surface area contributed by atoms with Crippen LogP contribution in [0.5, 0.6) is 0 Å². The first-order valence-electron chi connectivity index (χ1n) is 22.2. The highest BCUT2D eigenvalue weighted by molar-refractivity contribution is 6.19. The summed E-state index contributed by atoms with van der Waals surface area (Å²) in [7, 11) is 0. The monoisotopic (exact) mass is 808 g/mol. The maximum absolute atomic E-state index is 4.77. The Balaban J connectivity index is 1.11. The predicted octanol–water partition coefficient (Wildman–Crippen LogP) is 15.4. The molecule has 0 spiro atoms. The molecule has 0 N–H and O–H groups in total. The zero-order valence-corrected chi connectivity index (χ0v) is 35.6. The summed E-state index contributed by atoms with van der Waals surface area (Å²) in [5.74, 6) is 0. The summed E-state index contributed by atoms with van der Waals surface area (Å²) in [5, 5.41) is 4.94. The van der Waals surface area contributed by atoms with E-state index in [-0.39, 0.29) is 5.54 Å². The van der Waals surface area contributed by atoms with E-state index in [0.717, 1.165) is 24.2 Å². The molecule has 0 bridgehead atoms. The lowest BCUT2D eigenvalue weighted by atomic mass is 9.75. The lowest BCUT2D eigenvalue weighted by Crippen LogP contribution is -2.59. The van der Waals surface area contributed by atoms with E-state index in [4.69, 9.17) is 6.58 Å². The highest BCUT2D eigenvalue weighted by Gasteiger charge is 2.46. The number of fused-ring (bicyclic) bond motifs is 9. The number of aromatic nitrogens is 3. The molecule has 1 aliphatic heterocycles. The fraction of sp³-hybridized carbons (Fsp3) is 0.0833. The molecule has 0 fully saturated rings. The van der Waals surface area contributed by atoms with Crippen LogP contribution in [0.4, 0.5) is 0 Å². The molecule has 3 heteroatoms. The third kappa shape index (κ3) is 5.63. The minimum Gasteiger partial charge on any atom is -0.309 e. The second kappa shape index (κ2) is 14.4. The first kappa shape index (κ1) is 37.0. The van der Waals surface area contributed by atoms with Gasteiger partial charge in [-0.1, -0.05) is 130 Å². The summed E-state index contributed by atoms with van der Waals surface area (Å²) in [6.07, 6.45) is 4.22. The third-order valence-electron chi connectivity index (χ3n) is 14.0. The highest BCUT2D eigenvalue weighted by Crippen LogP contribution is 2.46. The van der Waals surface area contributed by atoms with Crippen molar-refractivity contribution in [3.63, 3.8) is 0 Å². The molecule has 4 heterocycles. The summed E-state index contributed by atoms with van der Waals surface area (Å²) in [6.45, 7) is 9.34. The average Bonchev–Trinajstić information content (AvgIpc) is 3.85. The molecule has 0 radical (unpaired) electrons. The number of allylic oxidation sites excluding steroid dienone is 1. The summed E-state index contributed by atoms with van der Waals surface area (Å²) in [5.41, 5.74) is 19.0. The quantitative estimate of drug-likeness (QED) is 0.142. The van der Waals surface area contributed by atoms with Crippen molar-refractivity contribution >= 4 is 49.2 Å². The van der Waals surface area contributed by atoms with E-state index in [2.05, 4.69) is 234 Å². The van der Waals surface area contributed by atoms with E-state index in [1.807, 2.05) is 0 Å². The van der Waals surface area contributed by atoms with Crippen molar-refractivity contribution in [1.29, 1.82) is 0 Å². The summed E-state index contributed by atoms with van der Waals surface area (Å²) >= 11 is 0. The molecule has 8 aromatic carbocycles. The molecule has 63 heavy (non-hydrogen) atoms. The third-order valence-corrected chi connectivity index (χ3v) is 14.0. The first-order chi connectivity index (χ1) is 31.0. The molecule has 3 nitrogen and oxygen atoms in total. The molecule has 1 aliphatic rings. The van der Waals surface area contributed by atoms with E-state index >= 15 is 0 Å². The second-order valence-corrected chi connectivity index (χ2v) is 17.1. The zero-order chi connectivity index (χ0) is 42.2. The van der Waals surface area contributed by atoms with Crippen LogP contribution in [-0.2, 0) is 5.54 Å². The Morgan fingerprint density at radius 3 is 1.63 bits per heavy atom. The van der Waals surface area contributed by atoms with Crippen LogP contribution >= 0.6 is 0 Å². The van der Waals surface area contributed by atoms with Gasteiger partial charge in [-0.25, -0.2) is 0 Å². The van der Waals surface area contributed by atoms with Crippen molar-refractivity contribution in [3.05, 3.63) is 219 Å². The standard InChI is InChI=1S/C60H46N3/c1-4-60(5-2)40(3)49-30-29-48(37-52(49)55-26-17-18-32-61(55)60)63-56-27-16-15-25-50(56)53-38-54-51-36-43(28-31-57(51)62(59(54)39-58(53)63)47-23-13-8-14-24-47)46-34-44(41-19-9-6-10-20-41)33-45(35-46)42-21-11-7-12-22-42/h6-39H,3-5H2,1-2H3/q+1. The van der Waals surface area contributed by atoms with Crippen LogP contribution in [0.25, 0.3) is 105 Å². The largest absolute Gasteiger partial charge is 0.309 e. The molecule has 3 aromatic heterocycles. The second-order valence-electron chi connectivity index (χ2n) is 17.1. The zero-order valence-electron chi connectivity index (χ0n) is 35.6. The van der Waals surface area contributed by atoms with Gasteiger partial charge in [0.15, 0.2) is 11.7 Å². The van der Waals surface area contributed by atoms with Gasteiger partial charge in [-0.3, -0.25) is 0 Å². The smallest absolute Gasteiger partial charge is 0.213 e. The van der Waals surface area contributed by atoms with Crippen molar-refractivity contribution in [2.24, 2.45) is 0 Å². The lowest BCUT2D eigenvalue weighted by Gasteiger charge is -2.35. The molecule has 12 rings (SSSR count). The minimum atomic E-state index is -0.150. The molecular formula is C60H46N3+. The highest BCUT2D eigenvalue weighted by atomic mass is 15.1. The molecular weight excluding hydrogens is 763 g/mol. The van der Waals surface area contributed by atoms with Crippen LogP contribution in [0.2, 0.25) is 0 Å². The van der Waals surface area contributed by atoms with Crippen molar-refractivity contribution in [2.45, 2.75) is 32.2 Å². The Morgan fingerprint density at radius 2 is 0.952 bits per heavy atom. The fourth-order valence-corrected chi connectivity index (χ4v) is 10.8. The van der Waals surface area contributed by atoms with Gasteiger partial charge < -0.3 is 9.13 Å². The number of pyridine rings is 1. The van der Waals surface area contributed by atoms with Gasteiger partial charge in [0, 0.05) is 63.5 Å². The number of hydrogen-bond donors (Lipinski definition) is 0. The van der Waals surface area contributed by atoms with E-state index in [0.29, 0.717) is 0 Å². The van der Waals surface area contributed by atoms with Crippen molar-refractivity contribution < 1.29 is 4.57 Å². The normalized spacial score (nSPS) is 13.2. The van der Waals surface area contributed by atoms with Gasteiger partial charge in [0.2, 0.25) is 5.69 Å². The van der Waals surface area contributed by atoms with Gasteiger partial charge in [-0.2, -0.15) is 4.57 Å². The van der Waals surface area contributed by atoms with Crippen LogP contribution in [0.3, 0.4) is 0 Å². The molecule has 0 atom stereocenters. The van der Waals surface area contributed by atoms with Crippen molar-refractivity contribution in [1.82, 2.24) is 9.13 Å². The molecule has 11 aromatic rings. The molecule has 0 unspecified atom stereocenters. The van der Waals surface area contributed by atoms with Gasteiger partial charge in [0.05, 0.1) is 27.6 Å². The minimum absolute atomic E-state index is 0.150. The van der Waals surface area contributed by atoms with E-state index in [9.17, 15) is 0 Å². The van der Waals surface area contributed by atoms with E-state index in [1.54, 1.807) is 0 Å². The maximum atomic E-state index is 4.77. The Hall–Kier alpha value is -7.75. The van der Waals surface area contributed by atoms with Crippen LogP contribution in [0, 0.1) is 0 Å². The first-order valence-corrected chi connectivity index (χ1v) is 22.2. The van der Waals surface area contributed by atoms with E-state index < -0.39 is 0 Å².